The molecule has 4 nitrogen and oxygen atoms in total. The highest BCUT2D eigenvalue weighted by Crippen LogP contribution is 2.31. The second kappa shape index (κ2) is 7.97. The van der Waals surface area contributed by atoms with Crippen LogP contribution in [-0.4, -0.2) is 23.0 Å². The maximum atomic E-state index is 11.4. The third kappa shape index (κ3) is 5.45. The number of ketones is 1. The van der Waals surface area contributed by atoms with Gasteiger partial charge in [-0.15, -0.1) is 0 Å². The van der Waals surface area contributed by atoms with Gasteiger partial charge in [-0.2, -0.15) is 0 Å². The van der Waals surface area contributed by atoms with Gasteiger partial charge in [-0.3, -0.25) is 9.59 Å². The summed E-state index contributed by atoms with van der Waals surface area (Å²) in [6.45, 7) is 3.48. The van der Waals surface area contributed by atoms with Gasteiger partial charge >= 0.3 is 5.97 Å². The second-order valence-corrected chi connectivity index (χ2v) is 5.18. The van der Waals surface area contributed by atoms with E-state index in [1.807, 2.05) is 0 Å². The highest BCUT2D eigenvalue weighted by atomic mass is 16.5. The van der Waals surface area contributed by atoms with E-state index >= 15 is 0 Å². The number of Topliss-reactive ketones (excluding diaryl/α,β-unsaturated/α-hetero) is 1. The fraction of sp³-hybridized carbons (Fsp3) is 0.733. The first-order valence-electron chi connectivity index (χ1n) is 7.12. The van der Waals surface area contributed by atoms with Crippen molar-refractivity contribution in [3.8, 4) is 0 Å². The number of ether oxygens (including phenoxy) is 1. The molecule has 1 fully saturated rings. The number of allylic oxidation sites excluding steroid dienone is 1. The molecule has 0 heterocycles. The van der Waals surface area contributed by atoms with Crippen molar-refractivity contribution in [2.45, 2.75) is 64.9 Å². The van der Waals surface area contributed by atoms with Crippen LogP contribution in [0.4, 0.5) is 0 Å². The molecule has 0 aromatic heterocycles. The molecule has 2 atom stereocenters. The van der Waals surface area contributed by atoms with Crippen LogP contribution in [0, 0.1) is 5.92 Å². The number of aliphatic hydroxyl groups excluding tert-OH is 1. The number of rotatable bonds is 7. The van der Waals surface area contributed by atoms with Crippen molar-refractivity contribution in [2.24, 2.45) is 5.92 Å². The summed E-state index contributed by atoms with van der Waals surface area (Å²) in [6, 6.07) is 0. The van der Waals surface area contributed by atoms with Crippen LogP contribution in [0.1, 0.15) is 58.8 Å². The van der Waals surface area contributed by atoms with Crippen LogP contribution < -0.4 is 0 Å². The van der Waals surface area contributed by atoms with Crippen LogP contribution in [0.5, 0.6) is 0 Å². The number of esters is 1. The summed E-state index contributed by atoms with van der Waals surface area (Å²) in [5, 5.41) is 10.0. The molecule has 108 valence electrons. The molecule has 0 amide bonds. The fourth-order valence-electron chi connectivity index (χ4n) is 2.43. The predicted molar refractivity (Wildman–Crippen MR) is 72.8 cm³/mol. The number of unbranched alkanes of at least 4 members (excludes halogenated alkanes) is 4. The number of carbonyl (C=O) groups excluding carboxylic acids is 2. The standard InChI is InChI=1S/C15H24O4/c1-3-4-5-6-7-8-14(18)13-9-12(17)10-15(13)19-11(2)16/h8,13,15,18H,3-7,9-10H2,1-2H3/b14-8-. The molecule has 0 spiro atoms. The molecule has 0 radical (unpaired) electrons. The van der Waals surface area contributed by atoms with Crippen molar-refractivity contribution in [3.05, 3.63) is 11.8 Å². The van der Waals surface area contributed by atoms with E-state index in [4.69, 9.17) is 4.74 Å². The summed E-state index contributed by atoms with van der Waals surface area (Å²) in [7, 11) is 0. The summed E-state index contributed by atoms with van der Waals surface area (Å²) in [5.74, 6) is -0.501. The molecule has 0 aromatic rings. The molecule has 1 aliphatic carbocycles. The van der Waals surface area contributed by atoms with E-state index in [1.54, 1.807) is 6.08 Å². The van der Waals surface area contributed by atoms with Gasteiger partial charge in [0.1, 0.15) is 11.9 Å². The molecule has 19 heavy (non-hydrogen) atoms. The third-order valence-electron chi connectivity index (χ3n) is 3.43. The average molecular weight is 268 g/mol. The van der Waals surface area contributed by atoms with Gasteiger partial charge in [0.15, 0.2) is 0 Å². The lowest BCUT2D eigenvalue weighted by Gasteiger charge is -2.18. The van der Waals surface area contributed by atoms with Gasteiger partial charge in [0.05, 0.1) is 11.7 Å². The summed E-state index contributed by atoms with van der Waals surface area (Å²) >= 11 is 0. The van der Waals surface area contributed by atoms with Gasteiger partial charge in [0.25, 0.3) is 0 Å². The number of aliphatic hydroxyl groups is 1. The van der Waals surface area contributed by atoms with Crippen LogP contribution in [-0.2, 0) is 14.3 Å². The minimum atomic E-state index is -0.489. The van der Waals surface area contributed by atoms with E-state index < -0.39 is 12.1 Å². The third-order valence-corrected chi connectivity index (χ3v) is 3.43. The van der Waals surface area contributed by atoms with Gasteiger partial charge in [-0.25, -0.2) is 0 Å². The van der Waals surface area contributed by atoms with Crippen molar-refractivity contribution >= 4 is 11.8 Å². The highest BCUT2D eigenvalue weighted by molar-refractivity contribution is 5.82. The Kier molecular flexibility index (Phi) is 6.60. The summed E-state index contributed by atoms with van der Waals surface area (Å²) in [4.78, 5) is 22.4. The van der Waals surface area contributed by atoms with Crippen molar-refractivity contribution in [2.75, 3.05) is 0 Å². The van der Waals surface area contributed by atoms with Gasteiger partial charge in [0, 0.05) is 19.8 Å². The normalized spacial score (nSPS) is 23.7. The zero-order chi connectivity index (χ0) is 14.3. The Morgan fingerprint density at radius 3 is 2.74 bits per heavy atom. The Bertz CT molecular complexity index is 346. The van der Waals surface area contributed by atoms with Gasteiger partial charge in [0.2, 0.25) is 0 Å². The Balaban J connectivity index is 2.48. The summed E-state index contributed by atoms with van der Waals surface area (Å²) < 4.78 is 5.10. The Labute approximate surface area is 114 Å². The molecule has 1 rings (SSSR count). The number of carbonyl (C=O) groups is 2. The largest absolute Gasteiger partial charge is 0.512 e. The van der Waals surface area contributed by atoms with E-state index in [2.05, 4.69) is 6.92 Å². The molecular formula is C15H24O4. The topological polar surface area (TPSA) is 63.6 Å². The highest BCUT2D eigenvalue weighted by Gasteiger charge is 2.37. The molecule has 0 saturated heterocycles. The zero-order valence-corrected chi connectivity index (χ0v) is 11.9. The van der Waals surface area contributed by atoms with Gasteiger partial charge < -0.3 is 9.84 Å². The Hall–Kier alpha value is -1.32. The number of hydrogen-bond donors (Lipinski definition) is 1. The van der Waals surface area contributed by atoms with Crippen LogP contribution in [0.2, 0.25) is 0 Å². The maximum absolute atomic E-state index is 11.4. The van der Waals surface area contributed by atoms with Gasteiger partial charge in [-0.1, -0.05) is 26.2 Å². The summed E-state index contributed by atoms with van der Waals surface area (Å²) in [5.41, 5.74) is 0. The molecule has 0 aliphatic heterocycles. The fourth-order valence-corrected chi connectivity index (χ4v) is 2.43. The minimum Gasteiger partial charge on any atom is -0.512 e. The second-order valence-electron chi connectivity index (χ2n) is 5.18. The molecule has 0 bridgehead atoms. The molecule has 0 aromatic carbocycles. The van der Waals surface area contributed by atoms with Crippen LogP contribution in [0.15, 0.2) is 11.8 Å². The molecule has 1 aliphatic rings. The van der Waals surface area contributed by atoms with E-state index in [-0.39, 0.29) is 30.3 Å². The molecule has 4 heteroatoms. The van der Waals surface area contributed by atoms with Crippen molar-refractivity contribution in [3.63, 3.8) is 0 Å². The molecule has 1 N–H and O–H groups in total. The van der Waals surface area contributed by atoms with Crippen molar-refractivity contribution in [1.29, 1.82) is 0 Å². The van der Waals surface area contributed by atoms with Crippen molar-refractivity contribution < 1.29 is 19.4 Å². The molecule has 2 unspecified atom stereocenters. The molecular weight excluding hydrogens is 244 g/mol. The predicted octanol–water partition coefficient (Wildman–Crippen LogP) is 3.31. The first kappa shape index (κ1) is 15.7. The van der Waals surface area contributed by atoms with Crippen molar-refractivity contribution in [1.82, 2.24) is 0 Å². The van der Waals surface area contributed by atoms with E-state index in [0.717, 1.165) is 19.3 Å². The van der Waals surface area contributed by atoms with Gasteiger partial charge in [-0.05, 0) is 18.9 Å². The maximum Gasteiger partial charge on any atom is 0.302 e. The lowest BCUT2D eigenvalue weighted by Crippen LogP contribution is -2.22. The zero-order valence-electron chi connectivity index (χ0n) is 11.9. The van der Waals surface area contributed by atoms with Crippen LogP contribution in [0.3, 0.4) is 0 Å². The summed E-state index contributed by atoms with van der Waals surface area (Å²) in [6.07, 6.45) is 7.16. The average Bonchev–Trinajstić information content (AvgIpc) is 2.69. The SMILES string of the molecule is CCCCCC/C=C(\O)C1CC(=O)CC1OC(C)=O. The molecule has 1 saturated carbocycles. The monoisotopic (exact) mass is 268 g/mol. The van der Waals surface area contributed by atoms with Crippen LogP contribution >= 0.6 is 0 Å². The van der Waals surface area contributed by atoms with E-state index in [0.29, 0.717) is 0 Å². The lowest BCUT2D eigenvalue weighted by molar-refractivity contribution is -0.147. The Morgan fingerprint density at radius 2 is 2.11 bits per heavy atom. The first-order chi connectivity index (χ1) is 9.04. The quantitative estimate of drug-likeness (QED) is 0.437. The lowest BCUT2D eigenvalue weighted by atomic mass is 10.0. The Morgan fingerprint density at radius 1 is 1.37 bits per heavy atom. The smallest absolute Gasteiger partial charge is 0.302 e. The van der Waals surface area contributed by atoms with E-state index in [9.17, 15) is 14.7 Å². The number of hydrogen-bond acceptors (Lipinski definition) is 4. The van der Waals surface area contributed by atoms with Crippen LogP contribution in [0.25, 0.3) is 0 Å². The van der Waals surface area contributed by atoms with E-state index in [1.165, 1.54) is 19.8 Å². The first-order valence-corrected chi connectivity index (χ1v) is 7.12. The minimum absolute atomic E-state index is 0.0437.